The summed E-state index contributed by atoms with van der Waals surface area (Å²) in [6.45, 7) is 10.5. The zero-order valence-corrected chi connectivity index (χ0v) is 14.6. The summed E-state index contributed by atoms with van der Waals surface area (Å²) >= 11 is 0. The standard InChI is InChI=1S/C20H28O3/c1-13-6-5-7-14(2)9-11-18-20(4,23-18)12-17-16(10-8-13)15(3)19(21)22-17/h7-8,16-18H,3,5-6,9-12H2,1-2,4H3/b13-8+,14-7+/t16-,17-,18-,20+/m1/s1. The van der Waals surface area contributed by atoms with Gasteiger partial charge in [0.15, 0.2) is 0 Å². The molecule has 1 aliphatic carbocycles. The van der Waals surface area contributed by atoms with Crippen molar-refractivity contribution >= 4 is 5.97 Å². The fraction of sp³-hybridized carbons (Fsp3) is 0.650. The van der Waals surface area contributed by atoms with Crippen LogP contribution in [0.5, 0.6) is 0 Å². The highest BCUT2D eigenvalue weighted by molar-refractivity contribution is 5.90. The van der Waals surface area contributed by atoms with Gasteiger partial charge in [-0.1, -0.05) is 29.9 Å². The molecule has 2 aliphatic heterocycles. The first-order valence-corrected chi connectivity index (χ1v) is 8.78. The molecule has 0 aromatic carbocycles. The van der Waals surface area contributed by atoms with Crippen molar-refractivity contribution in [2.45, 2.75) is 77.1 Å². The van der Waals surface area contributed by atoms with Crippen LogP contribution < -0.4 is 0 Å². The van der Waals surface area contributed by atoms with Crippen LogP contribution in [0.1, 0.15) is 59.3 Å². The Bertz CT molecular complexity index is 571. The van der Waals surface area contributed by atoms with Crippen LogP contribution in [-0.4, -0.2) is 23.8 Å². The molecule has 0 bridgehead atoms. The van der Waals surface area contributed by atoms with Crippen molar-refractivity contribution in [2.24, 2.45) is 5.92 Å². The van der Waals surface area contributed by atoms with Crippen molar-refractivity contribution in [3.63, 3.8) is 0 Å². The van der Waals surface area contributed by atoms with Gasteiger partial charge < -0.3 is 9.47 Å². The van der Waals surface area contributed by atoms with E-state index in [9.17, 15) is 4.79 Å². The molecule has 0 spiro atoms. The summed E-state index contributed by atoms with van der Waals surface area (Å²) in [6.07, 6.45) is 10.7. The number of allylic oxidation sites excluding steroid dienone is 4. The molecule has 2 saturated heterocycles. The molecule has 23 heavy (non-hydrogen) atoms. The number of fused-ring (bicyclic) bond motifs is 2. The lowest BCUT2D eigenvalue weighted by molar-refractivity contribution is -0.139. The molecule has 0 radical (unpaired) electrons. The smallest absolute Gasteiger partial charge is 0.334 e. The van der Waals surface area contributed by atoms with Crippen molar-refractivity contribution in [3.05, 3.63) is 35.5 Å². The molecule has 0 saturated carbocycles. The van der Waals surface area contributed by atoms with Gasteiger partial charge in [0.1, 0.15) is 6.10 Å². The van der Waals surface area contributed by atoms with Crippen molar-refractivity contribution in [1.29, 1.82) is 0 Å². The molecule has 3 nitrogen and oxygen atoms in total. The Morgan fingerprint density at radius 3 is 2.74 bits per heavy atom. The Morgan fingerprint density at radius 2 is 1.96 bits per heavy atom. The number of esters is 1. The first-order valence-electron chi connectivity index (χ1n) is 8.78. The average Bonchev–Trinajstić information content (AvgIpc) is 3.05. The number of rotatable bonds is 0. The lowest BCUT2D eigenvalue weighted by Crippen LogP contribution is -2.25. The summed E-state index contributed by atoms with van der Waals surface area (Å²) in [6, 6.07) is 0. The Balaban J connectivity index is 1.79. The van der Waals surface area contributed by atoms with Crippen LogP contribution in [0.2, 0.25) is 0 Å². The van der Waals surface area contributed by atoms with E-state index in [0.29, 0.717) is 11.7 Å². The second-order valence-electron chi connectivity index (χ2n) is 7.61. The lowest BCUT2D eigenvalue weighted by Gasteiger charge is -2.19. The number of carbonyl (C=O) groups is 1. The van der Waals surface area contributed by atoms with Crippen LogP contribution in [0.4, 0.5) is 0 Å². The van der Waals surface area contributed by atoms with E-state index in [1.54, 1.807) is 0 Å². The van der Waals surface area contributed by atoms with Gasteiger partial charge in [0, 0.05) is 17.9 Å². The predicted octanol–water partition coefficient (Wildman–Crippen LogP) is 4.49. The summed E-state index contributed by atoms with van der Waals surface area (Å²) in [4.78, 5) is 11.9. The predicted molar refractivity (Wildman–Crippen MR) is 91.0 cm³/mol. The van der Waals surface area contributed by atoms with Gasteiger partial charge in [-0.2, -0.15) is 0 Å². The van der Waals surface area contributed by atoms with Gasteiger partial charge in [-0.15, -0.1) is 0 Å². The minimum Gasteiger partial charge on any atom is -0.458 e. The van der Waals surface area contributed by atoms with E-state index in [4.69, 9.17) is 9.47 Å². The maximum Gasteiger partial charge on any atom is 0.334 e. The number of hydrogen-bond donors (Lipinski definition) is 0. The van der Waals surface area contributed by atoms with Crippen molar-refractivity contribution in [2.75, 3.05) is 0 Å². The average molecular weight is 316 g/mol. The van der Waals surface area contributed by atoms with Gasteiger partial charge in [0.2, 0.25) is 0 Å². The SMILES string of the molecule is C=C1C(=O)O[C@@H]2C[C@]3(C)O[C@@H]3CC/C(C)=C/CC/C(C)=C/C[C@H]12. The van der Waals surface area contributed by atoms with Gasteiger partial charge in [0.25, 0.3) is 0 Å². The number of epoxide rings is 1. The van der Waals surface area contributed by atoms with Crippen LogP contribution in [0.15, 0.2) is 35.5 Å². The monoisotopic (exact) mass is 316 g/mol. The van der Waals surface area contributed by atoms with Crippen LogP contribution in [0.3, 0.4) is 0 Å². The van der Waals surface area contributed by atoms with E-state index in [-0.39, 0.29) is 23.6 Å². The van der Waals surface area contributed by atoms with Crippen molar-refractivity contribution < 1.29 is 14.3 Å². The van der Waals surface area contributed by atoms with E-state index in [0.717, 1.165) is 38.5 Å². The molecule has 0 N–H and O–H groups in total. The molecule has 0 aromatic heterocycles. The zero-order valence-electron chi connectivity index (χ0n) is 14.6. The number of carbonyl (C=O) groups excluding carboxylic acids is 1. The van der Waals surface area contributed by atoms with E-state index < -0.39 is 0 Å². The van der Waals surface area contributed by atoms with Crippen LogP contribution >= 0.6 is 0 Å². The molecule has 0 aromatic rings. The molecule has 2 heterocycles. The Morgan fingerprint density at radius 1 is 1.22 bits per heavy atom. The van der Waals surface area contributed by atoms with Crippen molar-refractivity contribution in [1.82, 2.24) is 0 Å². The normalized spacial score (nSPS) is 43.2. The molecule has 126 valence electrons. The highest BCUT2D eigenvalue weighted by Gasteiger charge is 2.55. The molecule has 0 amide bonds. The summed E-state index contributed by atoms with van der Waals surface area (Å²) in [5.41, 5.74) is 3.31. The third-order valence-electron chi connectivity index (χ3n) is 5.61. The summed E-state index contributed by atoms with van der Waals surface area (Å²) in [5.74, 6) is -0.131. The first-order chi connectivity index (χ1) is 10.9. The topological polar surface area (TPSA) is 38.8 Å². The summed E-state index contributed by atoms with van der Waals surface area (Å²) in [5, 5.41) is 0. The van der Waals surface area contributed by atoms with Crippen LogP contribution in [-0.2, 0) is 14.3 Å². The number of ether oxygens (including phenoxy) is 2. The highest BCUT2D eigenvalue weighted by Crippen LogP contribution is 2.47. The maximum atomic E-state index is 11.9. The van der Waals surface area contributed by atoms with Gasteiger partial charge in [-0.05, 0) is 52.9 Å². The summed E-state index contributed by atoms with van der Waals surface area (Å²) < 4.78 is 11.6. The number of hydrogen-bond acceptors (Lipinski definition) is 3. The largest absolute Gasteiger partial charge is 0.458 e. The van der Waals surface area contributed by atoms with Crippen LogP contribution in [0, 0.1) is 5.92 Å². The fourth-order valence-corrected chi connectivity index (χ4v) is 3.82. The van der Waals surface area contributed by atoms with Crippen molar-refractivity contribution in [3.8, 4) is 0 Å². The minimum atomic E-state index is -0.228. The van der Waals surface area contributed by atoms with E-state index in [2.05, 4.69) is 39.5 Å². The lowest BCUT2D eigenvalue weighted by atomic mass is 9.85. The molecular formula is C20H28O3. The molecule has 0 unspecified atom stereocenters. The zero-order chi connectivity index (χ0) is 16.6. The third-order valence-corrected chi connectivity index (χ3v) is 5.61. The second-order valence-corrected chi connectivity index (χ2v) is 7.61. The van der Waals surface area contributed by atoms with Gasteiger partial charge in [-0.25, -0.2) is 4.79 Å². The summed E-state index contributed by atoms with van der Waals surface area (Å²) in [7, 11) is 0. The van der Waals surface area contributed by atoms with E-state index in [1.807, 2.05) is 0 Å². The van der Waals surface area contributed by atoms with E-state index >= 15 is 0 Å². The molecule has 3 rings (SSSR count). The molecular weight excluding hydrogens is 288 g/mol. The Hall–Kier alpha value is -1.35. The van der Waals surface area contributed by atoms with E-state index in [1.165, 1.54) is 11.1 Å². The quantitative estimate of drug-likeness (QED) is 0.286. The Kier molecular flexibility index (Phi) is 4.50. The van der Waals surface area contributed by atoms with Crippen LogP contribution in [0.25, 0.3) is 0 Å². The maximum absolute atomic E-state index is 11.9. The third kappa shape index (κ3) is 3.60. The van der Waals surface area contributed by atoms with Gasteiger partial charge >= 0.3 is 5.97 Å². The fourth-order valence-electron chi connectivity index (χ4n) is 3.82. The highest BCUT2D eigenvalue weighted by atomic mass is 16.6. The molecule has 3 heteroatoms. The Labute approximate surface area is 139 Å². The van der Waals surface area contributed by atoms with Gasteiger partial charge in [0.05, 0.1) is 11.7 Å². The molecule has 4 atom stereocenters. The van der Waals surface area contributed by atoms with Gasteiger partial charge in [-0.3, -0.25) is 0 Å². The molecule has 3 aliphatic rings. The minimum absolute atomic E-state index is 0.0892. The first kappa shape index (κ1) is 16.5. The molecule has 2 fully saturated rings. The second kappa shape index (κ2) is 6.27.